The minimum atomic E-state index is -0.328. The van der Waals surface area contributed by atoms with E-state index in [0.717, 1.165) is 11.3 Å². The molecule has 1 aliphatic rings. The zero-order valence-electron chi connectivity index (χ0n) is 17.3. The number of amides is 1. The summed E-state index contributed by atoms with van der Waals surface area (Å²) in [4.78, 5) is 20.2. The van der Waals surface area contributed by atoms with Crippen molar-refractivity contribution in [3.05, 3.63) is 69.5 Å². The van der Waals surface area contributed by atoms with Crippen LogP contribution in [0.25, 0.3) is 0 Å². The lowest BCUT2D eigenvalue weighted by molar-refractivity contribution is -0.135. The molecule has 2 aromatic carbocycles. The fraction of sp³-hybridized carbons (Fsp3) is 0.391. The second-order valence-corrected chi connectivity index (χ2v) is 9.52. The maximum absolute atomic E-state index is 14.2. The lowest BCUT2D eigenvalue weighted by Gasteiger charge is -2.28. The topological polar surface area (TPSA) is 41.9 Å². The van der Waals surface area contributed by atoms with Gasteiger partial charge in [0.25, 0.3) is 0 Å². The van der Waals surface area contributed by atoms with Crippen molar-refractivity contribution < 1.29 is 14.0 Å². The monoisotopic (exact) mass is 450 g/mol. The van der Waals surface area contributed by atoms with Crippen LogP contribution >= 0.6 is 23.2 Å². The molecule has 4 nitrogen and oxygen atoms in total. The van der Waals surface area contributed by atoms with Gasteiger partial charge in [0.15, 0.2) is 6.10 Å². The van der Waals surface area contributed by atoms with E-state index in [4.69, 9.17) is 28.0 Å². The lowest BCUT2D eigenvalue weighted by atomic mass is 9.91. The normalized spacial score (nSPS) is 16.2. The number of carbonyl (C=O) groups is 1. The van der Waals surface area contributed by atoms with Crippen molar-refractivity contribution in [3.63, 3.8) is 0 Å². The first-order valence-corrected chi connectivity index (χ1v) is 10.6. The van der Waals surface area contributed by atoms with E-state index in [2.05, 4.69) is 5.16 Å². The molecule has 0 saturated heterocycles. The Labute approximate surface area is 186 Å². The number of hydrogen-bond donors (Lipinski definition) is 0. The highest BCUT2D eigenvalue weighted by atomic mass is 35.5. The van der Waals surface area contributed by atoms with Crippen LogP contribution in [0.3, 0.4) is 0 Å². The van der Waals surface area contributed by atoms with Crippen molar-refractivity contribution in [2.24, 2.45) is 10.6 Å². The molecule has 160 valence electrons. The highest BCUT2D eigenvalue weighted by molar-refractivity contribution is 6.42. The summed E-state index contributed by atoms with van der Waals surface area (Å²) in [5.41, 5.74) is 1.87. The number of oxime groups is 1. The number of carbonyl (C=O) groups excluding carboxylic acids is 1. The number of benzene rings is 2. The minimum Gasteiger partial charge on any atom is -0.390 e. The molecule has 1 atom stereocenters. The third-order valence-electron chi connectivity index (χ3n) is 4.76. The van der Waals surface area contributed by atoms with Gasteiger partial charge in [-0.3, -0.25) is 4.79 Å². The Morgan fingerprint density at radius 1 is 1.20 bits per heavy atom. The fourth-order valence-electron chi connectivity index (χ4n) is 3.27. The van der Waals surface area contributed by atoms with Crippen LogP contribution in [0.15, 0.2) is 47.6 Å². The molecule has 0 bridgehead atoms. The zero-order chi connectivity index (χ0) is 21.9. The predicted molar refractivity (Wildman–Crippen MR) is 118 cm³/mol. The first-order chi connectivity index (χ1) is 14.1. The molecule has 0 N–H and O–H groups in total. The molecule has 1 amide bonds. The van der Waals surface area contributed by atoms with Crippen LogP contribution in [-0.4, -0.2) is 29.2 Å². The Kier molecular flexibility index (Phi) is 7.04. The lowest BCUT2D eigenvalue weighted by Crippen LogP contribution is -2.39. The molecule has 0 fully saturated rings. The Morgan fingerprint density at radius 2 is 1.93 bits per heavy atom. The smallest absolute Gasteiger partial charge is 0.223 e. The quantitative estimate of drug-likeness (QED) is 0.533. The number of rotatable bonds is 6. The molecule has 1 unspecified atom stereocenters. The number of halogens is 3. The molecule has 0 saturated carbocycles. The minimum absolute atomic E-state index is 0.0441. The molecule has 2 aromatic rings. The second-order valence-electron chi connectivity index (χ2n) is 8.70. The number of nitrogens with zero attached hydrogens (tertiary/aromatic N) is 2. The van der Waals surface area contributed by atoms with Crippen molar-refractivity contribution in [1.82, 2.24) is 4.90 Å². The van der Waals surface area contributed by atoms with Gasteiger partial charge in [0.05, 0.1) is 22.3 Å². The van der Waals surface area contributed by atoms with E-state index in [1.807, 2.05) is 26.8 Å². The summed E-state index contributed by atoms with van der Waals surface area (Å²) in [5, 5.41) is 5.09. The van der Waals surface area contributed by atoms with E-state index in [-0.39, 0.29) is 29.8 Å². The van der Waals surface area contributed by atoms with Gasteiger partial charge in [0, 0.05) is 30.5 Å². The molecular weight excluding hydrogens is 426 g/mol. The highest BCUT2D eigenvalue weighted by Gasteiger charge is 2.29. The molecule has 1 aliphatic heterocycles. The van der Waals surface area contributed by atoms with Gasteiger partial charge in [-0.15, -0.1) is 0 Å². The molecule has 30 heavy (non-hydrogen) atoms. The van der Waals surface area contributed by atoms with Gasteiger partial charge in [-0.05, 0) is 23.6 Å². The summed E-state index contributed by atoms with van der Waals surface area (Å²) in [6, 6.07) is 11.8. The van der Waals surface area contributed by atoms with Crippen molar-refractivity contribution >= 4 is 34.8 Å². The van der Waals surface area contributed by atoms with E-state index in [1.54, 1.807) is 35.2 Å². The van der Waals surface area contributed by atoms with Crippen LogP contribution in [0.2, 0.25) is 10.0 Å². The standard InChI is InChI=1S/C23H25Cl2FN2O2/c1-23(2,3)12-22(29)28(13-16-6-4-5-7-20(16)26)14-17-11-21(27-30-17)15-8-9-18(24)19(25)10-15/h4-10,17H,11-14H2,1-3H3. The van der Waals surface area contributed by atoms with Gasteiger partial charge in [-0.25, -0.2) is 4.39 Å². The van der Waals surface area contributed by atoms with Crippen LogP contribution in [-0.2, 0) is 16.2 Å². The summed E-state index contributed by atoms with van der Waals surface area (Å²) in [5.74, 6) is -0.372. The third-order valence-corrected chi connectivity index (χ3v) is 5.50. The predicted octanol–water partition coefficient (Wildman–Crippen LogP) is 6.09. The maximum atomic E-state index is 14.2. The van der Waals surface area contributed by atoms with E-state index < -0.39 is 0 Å². The maximum Gasteiger partial charge on any atom is 0.223 e. The Bertz CT molecular complexity index is 956. The molecule has 3 rings (SSSR count). The third kappa shape index (κ3) is 5.96. The van der Waals surface area contributed by atoms with E-state index >= 15 is 0 Å². The summed E-state index contributed by atoms with van der Waals surface area (Å²) >= 11 is 12.1. The molecule has 7 heteroatoms. The van der Waals surface area contributed by atoms with Gasteiger partial charge in [0.2, 0.25) is 5.91 Å². The summed E-state index contributed by atoms with van der Waals surface area (Å²) in [6.45, 7) is 6.51. The number of hydrogen-bond acceptors (Lipinski definition) is 3. The van der Waals surface area contributed by atoms with Gasteiger partial charge >= 0.3 is 0 Å². The fourth-order valence-corrected chi connectivity index (χ4v) is 3.57. The highest BCUT2D eigenvalue weighted by Crippen LogP contribution is 2.27. The summed E-state index contributed by atoms with van der Waals surface area (Å²) < 4.78 is 14.2. The average Bonchev–Trinajstić information content (AvgIpc) is 3.12. The van der Waals surface area contributed by atoms with Crippen molar-refractivity contribution in [3.8, 4) is 0 Å². The zero-order valence-corrected chi connectivity index (χ0v) is 18.8. The summed E-state index contributed by atoms with van der Waals surface area (Å²) in [6.07, 6.45) is 0.564. The van der Waals surface area contributed by atoms with Crippen LogP contribution < -0.4 is 0 Å². The molecule has 0 aliphatic carbocycles. The van der Waals surface area contributed by atoms with Crippen molar-refractivity contribution in [2.75, 3.05) is 6.54 Å². The molecule has 0 aromatic heterocycles. The van der Waals surface area contributed by atoms with E-state index in [9.17, 15) is 9.18 Å². The largest absolute Gasteiger partial charge is 0.390 e. The van der Waals surface area contributed by atoms with Gasteiger partial charge in [-0.2, -0.15) is 0 Å². The molecule has 1 heterocycles. The Hall–Kier alpha value is -2.11. The van der Waals surface area contributed by atoms with Crippen molar-refractivity contribution in [2.45, 2.75) is 46.3 Å². The Morgan fingerprint density at radius 3 is 2.60 bits per heavy atom. The van der Waals surface area contributed by atoms with Gasteiger partial charge in [0.1, 0.15) is 5.82 Å². The van der Waals surface area contributed by atoms with Crippen LogP contribution in [0.1, 0.15) is 44.7 Å². The van der Waals surface area contributed by atoms with E-state index in [0.29, 0.717) is 35.0 Å². The van der Waals surface area contributed by atoms with Crippen LogP contribution in [0, 0.1) is 11.2 Å². The second kappa shape index (κ2) is 9.36. The van der Waals surface area contributed by atoms with Crippen LogP contribution in [0.5, 0.6) is 0 Å². The van der Waals surface area contributed by atoms with Gasteiger partial charge < -0.3 is 9.74 Å². The first kappa shape index (κ1) is 22.6. The summed E-state index contributed by atoms with van der Waals surface area (Å²) in [7, 11) is 0. The first-order valence-electron chi connectivity index (χ1n) is 9.82. The van der Waals surface area contributed by atoms with Crippen molar-refractivity contribution in [1.29, 1.82) is 0 Å². The van der Waals surface area contributed by atoms with Gasteiger partial charge in [-0.1, -0.05) is 73.4 Å². The molecule has 0 radical (unpaired) electrons. The molecular formula is C23H25Cl2FN2O2. The SMILES string of the molecule is CC(C)(C)CC(=O)N(Cc1ccccc1F)CC1CC(c2ccc(Cl)c(Cl)c2)=NO1. The average molecular weight is 451 g/mol. The van der Waals surface area contributed by atoms with E-state index in [1.165, 1.54) is 6.07 Å². The molecule has 0 spiro atoms. The Balaban J connectivity index is 1.72. The van der Waals surface area contributed by atoms with Crippen LogP contribution in [0.4, 0.5) is 4.39 Å².